The second-order valence-electron chi connectivity index (χ2n) is 8.26. The average Bonchev–Trinajstić information content (AvgIpc) is 2.77. The number of nitrogens with zero attached hydrogens (tertiary/aromatic N) is 1. The number of benzene rings is 2. The van der Waals surface area contributed by atoms with Crippen molar-refractivity contribution in [2.24, 2.45) is 5.92 Å². The summed E-state index contributed by atoms with van der Waals surface area (Å²) in [6.45, 7) is 0.701. The lowest BCUT2D eigenvalue weighted by Crippen LogP contribution is -2.60. The van der Waals surface area contributed by atoms with E-state index in [4.69, 9.17) is 9.47 Å². The third-order valence-corrected chi connectivity index (χ3v) is 6.08. The van der Waals surface area contributed by atoms with Crippen LogP contribution in [0.3, 0.4) is 0 Å². The summed E-state index contributed by atoms with van der Waals surface area (Å²) in [6.07, 6.45) is -4.54. The highest BCUT2D eigenvalue weighted by molar-refractivity contribution is 5.84. The molecule has 2 heterocycles. The maximum Gasteiger partial charge on any atom is 0.416 e. The first-order chi connectivity index (χ1) is 15.3. The molecule has 170 valence electrons. The number of hydrogen-bond acceptors (Lipinski definition) is 4. The summed E-state index contributed by atoms with van der Waals surface area (Å²) in [7, 11) is 0. The zero-order valence-corrected chi connectivity index (χ0v) is 17.4. The number of carbonyl (C=O) groups excluding carboxylic acids is 2. The van der Waals surface area contributed by atoms with Crippen LogP contribution >= 0.6 is 0 Å². The lowest BCUT2D eigenvalue weighted by Gasteiger charge is -2.47. The maximum absolute atomic E-state index is 13.3. The number of fused-ring (bicyclic) bond motifs is 2. The van der Waals surface area contributed by atoms with Crippen molar-refractivity contribution in [1.29, 1.82) is 0 Å². The van der Waals surface area contributed by atoms with E-state index in [-0.39, 0.29) is 49.7 Å². The Bertz CT molecular complexity index is 949. The van der Waals surface area contributed by atoms with Crippen molar-refractivity contribution in [1.82, 2.24) is 4.90 Å². The van der Waals surface area contributed by atoms with E-state index in [9.17, 15) is 22.8 Å². The van der Waals surface area contributed by atoms with Crippen LogP contribution in [-0.2, 0) is 33.5 Å². The zero-order valence-electron chi connectivity index (χ0n) is 17.4. The molecule has 2 aromatic carbocycles. The van der Waals surface area contributed by atoms with E-state index in [1.54, 1.807) is 4.90 Å². The average molecular weight is 447 g/mol. The Labute approximate surface area is 184 Å². The van der Waals surface area contributed by atoms with Crippen molar-refractivity contribution >= 4 is 11.9 Å². The van der Waals surface area contributed by atoms with Gasteiger partial charge in [0.1, 0.15) is 12.4 Å². The second-order valence-corrected chi connectivity index (χ2v) is 8.26. The van der Waals surface area contributed by atoms with Gasteiger partial charge in [0.15, 0.2) is 0 Å². The van der Waals surface area contributed by atoms with Gasteiger partial charge in [-0.15, -0.1) is 0 Å². The number of carbonyl (C=O) groups is 2. The number of morpholine rings is 1. The highest BCUT2D eigenvalue weighted by atomic mass is 19.4. The predicted molar refractivity (Wildman–Crippen MR) is 110 cm³/mol. The molecule has 32 heavy (non-hydrogen) atoms. The summed E-state index contributed by atoms with van der Waals surface area (Å²) in [5, 5.41) is 0. The molecule has 1 amide bonds. The lowest BCUT2D eigenvalue weighted by atomic mass is 9.81. The van der Waals surface area contributed by atoms with Crippen molar-refractivity contribution in [2.75, 3.05) is 13.2 Å². The van der Waals surface area contributed by atoms with Crippen molar-refractivity contribution < 1.29 is 32.2 Å². The van der Waals surface area contributed by atoms with Gasteiger partial charge in [0.25, 0.3) is 0 Å². The summed E-state index contributed by atoms with van der Waals surface area (Å²) in [6, 6.07) is 13.8. The second kappa shape index (κ2) is 9.32. The van der Waals surface area contributed by atoms with Gasteiger partial charge < -0.3 is 9.47 Å². The minimum Gasteiger partial charge on any atom is -0.445 e. The van der Waals surface area contributed by atoms with Crippen LogP contribution in [0.5, 0.6) is 0 Å². The fourth-order valence-corrected chi connectivity index (χ4v) is 4.55. The Morgan fingerprint density at radius 3 is 2.25 bits per heavy atom. The molecule has 2 aromatic rings. The number of ketones is 1. The predicted octanol–water partition coefficient (Wildman–Crippen LogP) is 4.63. The molecule has 2 aliphatic heterocycles. The standard InChI is InChI=1S/C24H24F3NO4/c25-24(26,27)21-9-5-4-8-17(21)12-22(29)18-10-19-14-31-15-20(11-18)28(19)23(30)32-13-16-6-2-1-3-7-16/h1-9,18-20H,10-15H2. The largest absolute Gasteiger partial charge is 0.445 e. The molecule has 2 atom stereocenters. The number of ether oxygens (including phenoxy) is 2. The van der Waals surface area contributed by atoms with Gasteiger partial charge in [0.05, 0.1) is 30.9 Å². The van der Waals surface area contributed by atoms with E-state index in [1.165, 1.54) is 18.2 Å². The Morgan fingerprint density at radius 1 is 0.969 bits per heavy atom. The van der Waals surface area contributed by atoms with Crippen molar-refractivity contribution in [3.63, 3.8) is 0 Å². The Kier molecular flexibility index (Phi) is 6.50. The van der Waals surface area contributed by atoms with Crippen molar-refractivity contribution in [3.05, 3.63) is 71.3 Å². The van der Waals surface area contributed by atoms with Crippen LogP contribution in [0.15, 0.2) is 54.6 Å². The molecular weight excluding hydrogens is 423 g/mol. The number of rotatable bonds is 5. The normalized spacial score (nSPS) is 23.0. The summed E-state index contributed by atoms with van der Waals surface area (Å²) in [5.74, 6) is -0.663. The molecule has 0 radical (unpaired) electrons. The summed E-state index contributed by atoms with van der Waals surface area (Å²) >= 11 is 0. The summed E-state index contributed by atoms with van der Waals surface area (Å²) < 4.78 is 50.9. The molecule has 0 N–H and O–H groups in total. The topological polar surface area (TPSA) is 55.8 Å². The molecule has 2 unspecified atom stereocenters. The molecule has 0 saturated carbocycles. The monoisotopic (exact) mass is 447 g/mol. The quantitative estimate of drug-likeness (QED) is 0.671. The van der Waals surface area contributed by atoms with Crippen LogP contribution in [0.1, 0.15) is 29.5 Å². The number of halogens is 3. The van der Waals surface area contributed by atoms with E-state index in [0.717, 1.165) is 11.6 Å². The molecule has 5 nitrogen and oxygen atoms in total. The highest BCUT2D eigenvalue weighted by Crippen LogP contribution is 2.36. The van der Waals surface area contributed by atoms with Gasteiger partial charge >= 0.3 is 12.3 Å². The Morgan fingerprint density at radius 2 is 1.59 bits per heavy atom. The van der Waals surface area contributed by atoms with Gasteiger partial charge in [-0.3, -0.25) is 9.69 Å². The minimum atomic E-state index is -4.51. The maximum atomic E-state index is 13.3. The number of hydrogen-bond donors (Lipinski definition) is 0. The summed E-state index contributed by atoms with van der Waals surface area (Å²) in [5.41, 5.74) is 0.0746. The van der Waals surface area contributed by atoms with Gasteiger partial charge in [0, 0.05) is 12.3 Å². The van der Waals surface area contributed by atoms with Gasteiger partial charge in [-0.1, -0.05) is 48.5 Å². The fraction of sp³-hybridized carbons (Fsp3) is 0.417. The van der Waals surface area contributed by atoms with Crippen LogP contribution in [0.4, 0.5) is 18.0 Å². The number of amides is 1. The minimum absolute atomic E-state index is 0.0175. The highest BCUT2D eigenvalue weighted by Gasteiger charge is 2.44. The third kappa shape index (κ3) is 4.96. The first-order valence-corrected chi connectivity index (χ1v) is 10.6. The number of piperidine rings is 1. The van der Waals surface area contributed by atoms with Gasteiger partial charge in [-0.05, 0) is 30.0 Å². The molecule has 2 bridgehead atoms. The first kappa shape index (κ1) is 22.3. The third-order valence-electron chi connectivity index (χ3n) is 6.08. The van der Waals surface area contributed by atoms with E-state index in [0.29, 0.717) is 12.8 Å². The Balaban J connectivity index is 1.41. The molecule has 4 rings (SSSR count). The summed E-state index contributed by atoms with van der Waals surface area (Å²) in [4.78, 5) is 27.3. The van der Waals surface area contributed by atoms with E-state index in [1.807, 2.05) is 30.3 Å². The first-order valence-electron chi connectivity index (χ1n) is 10.6. The van der Waals surface area contributed by atoms with Crippen LogP contribution < -0.4 is 0 Å². The molecule has 0 aromatic heterocycles. The molecule has 0 spiro atoms. The Hall–Kier alpha value is -2.87. The molecule has 2 aliphatic rings. The lowest BCUT2D eigenvalue weighted by molar-refractivity contribution is -0.138. The SMILES string of the molecule is O=C(Cc1ccccc1C(F)(F)F)C1CC2COCC(C1)N2C(=O)OCc1ccccc1. The fourth-order valence-electron chi connectivity index (χ4n) is 4.55. The molecule has 2 saturated heterocycles. The molecule has 8 heteroatoms. The van der Waals surface area contributed by atoms with Crippen LogP contribution in [0.25, 0.3) is 0 Å². The number of alkyl halides is 3. The van der Waals surface area contributed by atoms with Crippen molar-refractivity contribution in [2.45, 2.75) is 44.1 Å². The zero-order chi connectivity index (χ0) is 22.7. The van der Waals surface area contributed by atoms with E-state index >= 15 is 0 Å². The van der Waals surface area contributed by atoms with Crippen LogP contribution in [0, 0.1) is 5.92 Å². The van der Waals surface area contributed by atoms with E-state index < -0.39 is 23.8 Å². The van der Waals surface area contributed by atoms with Crippen molar-refractivity contribution in [3.8, 4) is 0 Å². The molecule has 2 fully saturated rings. The van der Waals surface area contributed by atoms with Gasteiger partial charge in [-0.2, -0.15) is 13.2 Å². The van der Waals surface area contributed by atoms with Gasteiger partial charge in [0.2, 0.25) is 0 Å². The van der Waals surface area contributed by atoms with Crippen LogP contribution in [0.2, 0.25) is 0 Å². The smallest absolute Gasteiger partial charge is 0.416 e. The van der Waals surface area contributed by atoms with Crippen LogP contribution in [-0.4, -0.2) is 42.1 Å². The van der Waals surface area contributed by atoms with Gasteiger partial charge in [-0.25, -0.2) is 4.79 Å². The number of Topliss-reactive ketones (excluding diaryl/α,β-unsaturated/α-hetero) is 1. The molecular formula is C24H24F3NO4. The van der Waals surface area contributed by atoms with E-state index in [2.05, 4.69) is 0 Å². The molecule has 0 aliphatic carbocycles.